The molecule has 6 unspecified atom stereocenters. The summed E-state index contributed by atoms with van der Waals surface area (Å²) in [5, 5.41) is 80.3. The smallest absolute Gasteiger partial charge is 0.239 e. The van der Waals surface area contributed by atoms with Gasteiger partial charge in [-0.25, -0.2) is 0 Å². The molecular formula is C29H36O14. The first-order chi connectivity index (χ1) is 20.4. The molecule has 5 rings (SSSR count). The van der Waals surface area contributed by atoms with Crippen molar-refractivity contribution >= 4 is 11.0 Å². The number of phenolic OH excluding ortho intramolecular Hbond substituents is 4. The number of hydrogen-bond acceptors (Lipinski definition) is 14. The largest absolute Gasteiger partial charge is 0.508 e. The van der Waals surface area contributed by atoms with Gasteiger partial charge in [0.15, 0.2) is 23.5 Å². The highest BCUT2D eigenvalue weighted by Crippen LogP contribution is 2.39. The number of rotatable bonds is 6. The van der Waals surface area contributed by atoms with E-state index in [0.717, 1.165) is 24.3 Å². The van der Waals surface area contributed by atoms with Crippen LogP contribution in [0.4, 0.5) is 0 Å². The van der Waals surface area contributed by atoms with Gasteiger partial charge in [0.05, 0.1) is 24.9 Å². The van der Waals surface area contributed by atoms with Gasteiger partial charge in [-0.1, -0.05) is 13.8 Å². The third-order valence-corrected chi connectivity index (χ3v) is 7.00. The Bertz CT molecular complexity index is 1470. The number of hydrogen-bond donors (Lipinski definition) is 8. The highest BCUT2D eigenvalue weighted by atomic mass is 16.7. The van der Waals surface area contributed by atoms with Crippen LogP contribution in [0.1, 0.15) is 33.6 Å². The zero-order chi connectivity index (χ0) is 31.6. The molecule has 1 aromatic heterocycles. The van der Waals surface area contributed by atoms with Gasteiger partial charge in [-0.15, -0.1) is 0 Å². The summed E-state index contributed by atoms with van der Waals surface area (Å²) in [6, 6.07) is 5.66. The molecule has 3 aromatic rings. The van der Waals surface area contributed by atoms with E-state index in [2.05, 4.69) is 0 Å². The lowest BCUT2D eigenvalue weighted by Crippen LogP contribution is -2.57. The van der Waals surface area contributed by atoms with Crippen molar-refractivity contribution in [1.82, 2.24) is 0 Å². The number of fused-ring (bicyclic) bond motifs is 1. The van der Waals surface area contributed by atoms with E-state index >= 15 is 0 Å². The van der Waals surface area contributed by atoms with Crippen LogP contribution in [0.25, 0.3) is 22.3 Å². The molecule has 0 spiro atoms. The first-order valence-corrected chi connectivity index (χ1v) is 13.8. The molecule has 14 heteroatoms. The van der Waals surface area contributed by atoms with E-state index in [1.54, 1.807) is 0 Å². The third-order valence-electron chi connectivity index (χ3n) is 7.00. The van der Waals surface area contributed by atoms with E-state index in [1.165, 1.54) is 13.0 Å². The van der Waals surface area contributed by atoms with Gasteiger partial charge in [0.25, 0.3) is 0 Å². The van der Waals surface area contributed by atoms with Crippen molar-refractivity contribution < 1.29 is 64.2 Å². The van der Waals surface area contributed by atoms with Gasteiger partial charge in [0.1, 0.15) is 40.8 Å². The SMILES string of the molecule is CC.CC1O[C@@H](OCC2CC(O)CC(Oc3c(-c4ccc(O)c(O)c4)oc4cc(O)cc(O)c4c3=O)O2)C(O)C(O)[C@H]1O. The van der Waals surface area contributed by atoms with Crippen molar-refractivity contribution in [3.63, 3.8) is 0 Å². The predicted molar refractivity (Wildman–Crippen MR) is 149 cm³/mol. The number of phenols is 4. The van der Waals surface area contributed by atoms with Crippen LogP contribution in [-0.2, 0) is 14.2 Å². The van der Waals surface area contributed by atoms with Crippen molar-refractivity contribution in [1.29, 1.82) is 0 Å². The molecule has 0 bridgehead atoms. The summed E-state index contributed by atoms with van der Waals surface area (Å²) in [5.74, 6) is -2.58. The Balaban J connectivity index is 0.00000207. The van der Waals surface area contributed by atoms with Crippen molar-refractivity contribution in [2.24, 2.45) is 0 Å². The molecule has 43 heavy (non-hydrogen) atoms. The highest BCUT2D eigenvalue weighted by Gasteiger charge is 2.43. The molecule has 2 aliphatic rings. The van der Waals surface area contributed by atoms with Crippen LogP contribution in [-0.4, -0.2) is 96.7 Å². The average molecular weight is 609 g/mol. The van der Waals surface area contributed by atoms with Crippen LogP contribution in [0.3, 0.4) is 0 Å². The fourth-order valence-electron chi connectivity index (χ4n) is 4.85. The molecule has 2 aliphatic heterocycles. The van der Waals surface area contributed by atoms with Gasteiger partial charge < -0.3 is 64.2 Å². The Labute approximate surface area is 245 Å². The van der Waals surface area contributed by atoms with Gasteiger partial charge in [-0.2, -0.15) is 0 Å². The molecule has 2 aromatic carbocycles. The Morgan fingerprint density at radius 2 is 1.58 bits per heavy atom. The lowest BCUT2D eigenvalue weighted by atomic mass is 10.00. The Morgan fingerprint density at radius 3 is 2.28 bits per heavy atom. The van der Waals surface area contributed by atoms with Crippen LogP contribution < -0.4 is 10.2 Å². The monoisotopic (exact) mass is 608 g/mol. The summed E-state index contributed by atoms with van der Waals surface area (Å²) in [6.07, 6.45) is -9.47. The number of aliphatic hydroxyl groups is 4. The minimum absolute atomic E-state index is 0.0830. The first-order valence-electron chi connectivity index (χ1n) is 13.8. The summed E-state index contributed by atoms with van der Waals surface area (Å²) in [4.78, 5) is 13.5. The fourth-order valence-corrected chi connectivity index (χ4v) is 4.85. The normalized spacial score (nSPS) is 29.1. The van der Waals surface area contributed by atoms with E-state index in [0.29, 0.717) is 0 Å². The van der Waals surface area contributed by atoms with Crippen molar-refractivity contribution in [3.05, 3.63) is 40.6 Å². The Morgan fingerprint density at radius 1 is 0.860 bits per heavy atom. The molecule has 14 nitrogen and oxygen atoms in total. The molecule has 2 fully saturated rings. The van der Waals surface area contributed by atoms with E-state index in [1.807, 2.05) is 13.8 Å². The maximum absolute atomic E-state index is 13.5. The van der Waals surface area contributed by atoms with Crippen molar-refractivity contribution in [2.45, 2.75) is 82.8 Å². The van der Waals surface area contributed by atoms with Gasteiger partial charge in [0.2, 0.25) is 17.5 Å². The quantitative estimate of drug-likeness (QED) is 0.185. The minimum atomic E-state index is -1.54. The summed E-state index contributed by atoms with van der Waals surface area (Å²) >= 11 is 0. The number of aliphatic hydroxyl groups excluding tert-OH is 4. The maximum atomic E-state index is 13.5. The summed E-state index contributed by atoms with van der Waals surface area (Å²) < 4.78 is 28.6. The Kier molecular flexibility index (Phi) is 10.0. The molecule has 0 amide bonds. The predicted octanol–water partition coefficient (Wildman–Crippen LogP) is 1.40. The molecule has 0 aliphatic carbocycles. The summed E-state index contributed by atoms with van der Waals surface area (Å²) in [7, 11) is 0. The molecule has 8 atom stereocenters. The van der Waals surface area contributed by atoms with Gasteiger partial charge in [-0.3, -0.25) is 4.79 Å². The zero-order valence-corrected chi connectivity index (χ0v) is 23.7. The fraction of sp³-hybridized carbons (Fsp3) is 0.483. The lowest BCUT2D eigenvalue weighted by molar-refractivity contribution is -0.303. The van der Waals surface area contributed by atoms with Gasteiger partial charge in [0, 0.05) is 30.5 Å². The lowest BCUT2D eigenvalue weighted by Gasteiger charge is -2.40. The van der Waals surface area contributed by atoms with Crippen molar-refractivity contribution in [2.75, 3.05) is 6.61 Å². The molecule has 3 heterocycles. The third kappa shape index (κ3) is 6.80. The zero-order valence-electron chi connectivity index (χ0n) is 23.7. The molecular weight excluding hydrogens is 572 g/mol. The number of ether oxygens (including phenoxy) is 4. The van der Waals surface area contributed by atoms with Crippen LogP contribution in [0.5, 0.6) is 28.7 Å². The minimum Gasteiger partial charge on any atom is -0.508 e. The second kappa shape index (κ2) is 13.3. The summed E-state index contributed by atoms with van der Waals surface area (Å²) in [6.45, 7) is 5.28. The van der Waals surface area contributed by atoms with Crippen LogP contribution in [0.15, 0.2) is 39.5 Å². The standard InChI is InChI=1S/C27H30O14.C2H6/c1-10-21(33)23(35)24(36)27(38-10)37-9-14-5-12(28)8-19(39-14)41-26-22(34)20-17(32)6-13(29)7-18(20)40-25(26)11-2-3-15(30)16(31)4-11;1-2/h2-4,6-7,10,12,14,19,21,23-24,27-33,35-36H,5,8-9H2,1H3;1-2H3/t10?,12?,14?,19?,21-,23?,24?,27+;/m0./s1. The molecule has 0 saturated carbocycles. The van der Waals surface area contributed by atoms with E-state index in [4.69, 9.17) is 23.4 Å². The average Bonchev–Trinajstić information content (AvgIpc) is 2.96. The number of aromatic hydroxyl groups is 4. The second-order valence-electron chi connectivity index (χ2n) is 10.1. The van der Waals surface area contributed by atoms with Crippen LogP contribution >= 0.6 is 0 Å². The van der Waals surface area contributed by atoms with Gasteiger partial charge >= 0.3 is 0 Å². The van der Waals surface area contributed by atoms with E-state index in [-0.39, 0.29) is 47.5 Å². The maximum Gasteiger partial charge on any atom is 0.239 e. The number of benzene rings is 2. The van der Waals surface area contributed by atoms with Crippen LogP contribution in [0.2, 0.25) is 0 Å². The van der Waals surface area contributed by atoms with Crippen molar-refractivity contribution in [3.8, 4) is 40.1 Å². The van der Waals surface area contributed by atoms with E-state index in [9.17, 15) is 45.6 Å². The molecule has 2 saturated heterocycles. The van der Waals surface area contributed by atoms with Gasteiger partial charge in [-0.05, 0) is 25.1 Å². The second-order valence-corrected chi connectivity index (χ2v) is 10.1. The van der Waals surface area contributed by atoms with E-state index < -0.39 is 77.6 Å². The summed E-state index contributed by atoms with van der Waals surface area (Å²) in [5.41, 5.74) is -0.930. The van der Waals surface area contributed by atoms with Crippen LogP contribution in [0, 0.1) is 0 Å². The Hall–Kier alpha value is -3.63. The highest BCUT2D eigenvalue weighted by molar-refractivity contribution is 5.88. The molecule has 0 radical (unpaired) electrons. The molecule has 8 N–H and O–H groups in total. The first kappa shape index (κ1) is 32.3. The molecule has 236 valence electrons. The topological polar surface area (TPSA) is 229 Å².